The van der Waals surface area contributed by atoms with E-state index in [2.05, 4.69) is 33.9 Å². The maximum atomic E-state index is 12.8. The van der Waals surface area contributed by atoms with Crippen molar-refractivity contribution >= 4 is 11.7 Å². The number of aromatic nitrogens is 3. The average Bonchev–Trinajstić information content (AvgIpc) is 3.29. The molecule has 1 aliphatic heterocycles. The van der Waals surface area contributed by atoms with Crippen molar-refractivity contribution in [2.24, 2.45) is 7.05 Å². The third kappa shape index (κ3) is 3.88. The molecule has 26 heavy (non-hydrogen) atoms. The summed E-state index contributed by atoms with van der Waals surface area (Å²) in [6.45, 7) is 5.09. The number of anilines is 1. The Balaban J connectivity index is 1.67. The number of carbonyl (C=O) groups excluding carboxylic acids is 1. The van der Waals surface area contributed by atoms with Gasteiger partial charge >= 0.3 is 0 Å². The minimum absolute atomic E-state index is 0.0119. The quantitative estimate of drug-likeness (QED) is 0.787. The Morgan fingerprint density at radius 3 is 2.65 bits per heavy atom. The standard InChI is InChI=1S/C19H28N6O/c1-5-24(14-18-20-9-11-23(18)4)19(26)15-6-7-17(21-12-15)25-10-8-16(13-25)22(2)3/h6-7,9,11-12,16H,5,8,10,13-14H2,1-4H3. The highest BCUT2D eigenvalue weighted by atomic mass is 16.2. The molecular weight excluding hydrogens is 328 g/mol. The molecule has 1 unspecified atom stereocenters. The van der Waals surface area contributed by atoms with Gasteiger partial charge in [-0.2, -0.15) is 0 Å². The molecule has 1 atom stereocenters. The lowest BCUT2D eigenvalue weighted by Crippen LogP contribution is -2.32. The molecule has 0 spiro atoms. The van der Waals surface area contributed by atoms with Crippen LogP contribution < -0.4 is 4.90 Å². The smallest absolute Gasteiger partial charge is 0.255 e. The number of rotatable bonds is 6. The Bertz CT molecular complexity index is 739. The SMILES string of the molecule is CCN(Cc1nccn1C)C(=O)c1ccc(N2CCC(N(C)C)C2)nc1. The lowest BCUT2D eigenvalue weighted by atomic mass is 10.2. The molecule has 3 heterocycles. The third-order valence-corrected chi connectivity index (χ3v) is 5.13. The molecule has 140 valence electrons. The number of aryl methyl sites for hydroxylation is 1. The van der Waals surface area contributed by atoms with Crippen LogP contribution in [0.25, 0.3) is 0 Å². The van der Waals surface area contributed by atoms with Crippen LogP contribution in [0.2, 0.25) is 0 Å². The van der Waals surface area contributed by atoms with Crippen molar-refractivity contribution < 1.29 is 4.79 Å². The molecule has 0 bridgehead atoms. The van der Waals surface area contributed by atoms with Gasteiger partial charge in [0.2, 0.25) is 0 Å². The molecule has 0 aromatic carbocycles. The zero-order chi connectivity index (χ0) is 18.7. The molecule has 1 amide bonds. The summed E-state index contributed by atoms with van der Waals surface area (Å²) in [7, 11) is 6.17. The Labute approximate surface area is 155 Å². The van der Waals surface area contributed by atoms with Crippen LogP contribution in [0.5, 0.6) is 0 Å². The number of imidazole rings is 1. The van der Waals surface area contributed by atoms with Crippen molar-refractivity contribution in [1.82, 2.24) is 24.3 Å². The van der Waals surface area contributed by atoms with E-state index >= 15 is 0 Å². The van der Waals surface area contributed by atoms with Crippen LogP contribution in [0.4, 0.5) is 5.82 Å². The number of likely N-dealkylation sites (N-methyl/N-ethyl adjacent to an activating group) is 1. The molecule has 1 saturated heterocycles. The van der Waals surface area contributed by atoms with E-state index < -0.39 is 0 Å². The highest BCUT2D eigenvalue weighted by Gasteiger charge is 2.25. The van der Waals surface area contributed by atoms with Gasteiger partial charge in [0, 0.05) is 51.3 Å². The summed E-state index contributed by atoms with van der Waals surface area (Å²) >= 11 is 0. The van der Waals surface area contributed by atoms with E-state index in [0.717, 1.165) is 31.2 Å². The number of hydrogen-bond donors (Lipinski definition) is 0. The molecule has 2 aromatic heterocycles. The molecule has 1 aliphatic rings. The van der Waals surface area contributed by atoms with Crippen LogP contribution in [-0.2, 0) is 13.6 Å². The Morgan fingerprint density at radius 1 is 1.31 bits per heavy atom. The summed E-state index contributed by atoms with van der Waals surface area (Å²) in [5.74, 6) is 1.80. The number of hydrogen-bond acceptors (Lipinski definition) is 5. The normalized spacial score (nSPS) is 17.1. The van der Waals surface area contributed by atoms with Gasteiger partial charge in [-0.1, -0.05) is 0 Å². The van der Waals surface area contributed by atoms with Crippen LogP contribution in [0.3, 0.4) is 0 Å². The van der Waals surface area contributed by atoms with E-state index in [0.29, 0.717) is 24.7 Å². The Hall–Kier alpha value is -2.41. The second-order valence-corrected chi connectivity index (χ2v) is 7.03. The second kappa shape index (κ2) is 7.86. The van der Waals surface area contributed by atoms with Gasteiger partial charge in [-0.15, -0.1) is 0 Å². The van der Waals surface area contributed by atoms with Gasteiger partial charge in [-0.25, -0.2) is 9.97 Å². The second-order valence-electron chi connectivity index (χ2n) is 7.03. The van der Waals surface area contributed by atoms with Gasteiger partial charge < -0.3 is 19.3 Å². The predicted octanol–water partition coefficient (Wildman–Crippen LogP) is 1.62. The van der Waals surface area contributed by atoms with Crippen molar-refractivity contribution in [2.75, 3.05) is 38.6 Å². The fraction of sp³-hybridized carbons (Fsp3) is 0.526. The van der Waals surface area contributed by atoms with Crippen molar-refractivity contribution in [1.29, 1.82) is 0 Å². The van der Waals surface area contributed by atoms with E-state index in [9.17, 15) is 4.79 Å². The molecule has 7 heteroatoms. The van der Waals surface area contributed by atoms with E-state index in [1.165, 1.54) is 0 Å². The molecule has 0 N–H and O–H groups in total. The van der Waals surface area contributed by atoms with E-state index in [1.807, 2.05) is 36.9 Å². The third-order valence-electron chi connectivity index (χ3n) is 5.13. The molecule has 0 radical (unpaired) electrons. The van der Waals surface area contributed by atoms with Gasteiger partial charge in [-0.3, -0.25) is 4.79 Å². The van der Waals surface area contributed by atoms with Gasteiger partial charge in [0.15, 0.2) is 0 Å². The lowest BCUT2D eigenvalue weighted by molar-refractivity contribution is 0.0747. The van der Waals surface area contributed by atoms with Gasteiger partial charge in [0.25, 0.3) is 5.91 Å². The van der Waals surface area contributed by atoms with Crippen molar-refractivity contribution in [2.45, 2.75) is 25.9 Å². The minimum Gasteiger partial charge on any atom is -0.355 e. The summed E-state index contributed by atoms with van der Waals surface area (Å²) in [5, 5.41) is 0. The zero-order valence-electron chi connectivity index (χ0n) is 16.1. The van der Waals surface area contributed by atoms with Crippen molar-refractivity contribution in [3.05, 3.63) is 42.1 Å². The van der Waals surface area contributed by atoms with Gasteiger partial charge in [0.1, 0.15) is 11.6 Å². The van der Waals surface area contributed by atoms with Crippen LogP contribution in [0.1, 0.15) is 29.5 Å². The molecule has 2 aromatic rings. The first-order valence-electron chi connectivity index (χ1n) is 9.12. The molecule has 3 rings (SSSR count). The number of carbonyl (C=O) groups is 1. The Morgan fingerprint density at radius 2 is 2.12 bits per heavy atom. The number of pyridine rings is 1. The van der Waals surface area contributed by atoms with E-state index in [-0.39, 0.29) is 5.91 Å². The fourth-order valence-corrected chi connectivity index (χ4v) is 3.30. The summed E-state index contributed by atoms with van der Waals surface area (Å²) < 4.78 is 1.94. The maximum Gasteiger partial charge on any atom is 0.255 e. The van der Waals surface area contributed by atoms with Crippen LogP contribution >= 0.6 is 0 Å². The van der Waals surface area contributed by atoms with Crippen molar-refractivity contribution in [3.63, 3.8) is 0 Å². The summed E-state index contributed by atoms with van der Waals surface area (Å²) in [5.41, 5.74) is 0.619. The lowest BCUT2D eigenvalue weighted by Gasteiger charge is -2.22. The molecular formula is C19H28N6O. The summed E-state index contributed by atoms with van der Waals surface area (Å²) in [6, 6.07) is 4.40. The highest BCUT2D eigenvalue weighted by Crippen LogP contribution is 2.20. The molecule has 1 fully saturated rings. The predicted molar refractivity (Wildman–Crippen MR) is 102 cm³/mol. The first-order chi connectivity index (χ1) is 12.5. The topological polar surface area (TPSA) is 57.5 Å². The summed E-state index contributed by atoms with van der Waals surface area (Å²) in [6.07, 6.45) is 6.48. The first-order valence-corrected chi connectivity index (χ1v) is 9.12. The van der Waals surface area contributed by atoms with Crippen LogP contribution in [-0.4, -0.2) is 70.0 Å². The summed E-state index contributed by atoms with van der Waals surface area (Å²) in [4.78, 5) is 28.0. The first kappa shape index (κ1) is 18.4. The van der Waals surface area contributed by atoms with Crippen LogP contribution in [0.15, 0.2) is 30.7 Å². The maximum absolute atomic E-state index is 12.8. The highest BCUT2D eigenvalue weighted by molar-refractivity contribution is 5.94. The number of amides is 1. The fourth-order valence-electron chi connectivity index (χ4n) is 3.30. The van der Waals surface area contributed by atoms with Gasteiger partial charge in [0.05, 0.1) is 12.1 Å². The van der Waals surface area contributed by atoms with Gasteiger partial charge in [-0.05, 0) is 39.6 Å². The molecule has 7 nitrogen and oxygen atoms in total. The Kier molecular flexibility index (Phi) is 5.56. The van der Waals surface area contributed by atoms with E-state index in [1.54, 1.807) is 17.3 Å². The van der Waals surface area contributed by atoms with Crippen molar-refractivity contribution in [3.8, 4) is 0 Å². The monoisotopic (exact) mass is 356 g/mol. The zero-order valence-corrected chi connectivity index (χ0v) is 16.1. The molecule has 0 aliphatic carbocycles. The largest absolute Gasteiger partial charge is 0.355 e. The minimum atomic E-state index is -0.0119. The molecule has 0 saturated carbocycles. The number of nitrogens with zero attached hydrogens (tertiary/aromatic N) is 6. The van der Waals surface area contributed by atoms with Crippen LogP contribution in [0, 0.1) is 0 Å². The average molecular weight is 356 g/mol. The van der Waals surface area contributed by atoms with E-state index in [4.69, 9.17) is 0 Å².